The van der Waals surface area contributed by atoms with Crippen molar-refractivity contribution < 1.29 is 5.11 Å². The van der Waals surface area contributed by atoms with Crippen LogP contribution in [0.5, 0.6) is 0 Å². The Labute approximate surface area is 133 Å². The highest BCUT2D eigenvalue weighted by molar-refractivity contribution is 5.05. The zero-order valence-corrected chi connectivity index (χ0v) is 15.1. The lowest BCUT2D eigenvalue weighted by molar-refractivity contribution is 0.341. The van der Waals surface area contributed by atoms with Crippen LogP contribution in [0.15, 0.2) is 23.8 Å². The third-order valence-corrected chi connectivity index (χ3v) is 4.18. The van der Waals surface area contributed by atoms with Crippen molar-refractivity contribution in [2.24, 2.45) is 17.8 Å². The lowest BCUT2D eigenvalue weighted by atomic mass is 9.93. The van der Waals surface area contributed by atoms with Crippen LogP contribution in [0.25, 0.3) is 0 Å². The molecule has 0 saturated heterocycles. The Hall–Kier alpha value is -0.560. The van der Waals surface area contributed by atoms with Gasteiger partial charge in [0.05, 0.1) is 6.61 Å². The number of rotatable bonds is 12. The SMILES string of the molecule is C/C(=C\CO)C/C=C/C(C)CCCC(C)CCCC(C)C. The van der Waals surface area contributed by atoms with Gasteiger partial charge >= 0.3 is 0 Å². The summed E-state index contributed by atoms with van der Waals surface area (Å²) in [6.45, 7) is 11.6. The molecule has 0 radical (unpaired) electrons. The molecule has 1 heteroatoms. The van der Waals surface area contributed by atoms with Crippen LogP contribution in [-0.4, -0.2) is 11.7 Å². The van der Waals surface area contributed by atoms with E-state index >= 15 is 0 Å². The standard InChI is InChI=1S/C20H38O/c1-17(2)9-6-10-18(3)11-7-12-19(4)13-8-14-20(5)15-16-21/h8,13,15,17-19,21H,6-7,9-12,14,16H2,1-5H3/b13-8+,20-15+. The maximum Gasteiger partial charge on any atom is 0.0615 e. The molecule has 2 atom stereocenters. The first-order valence-electron chi connectivity index (χ1n) is 8.88. The minimum atomic E-state index is 0.157. The lowest BCUT2D eigenvalue weighted by Gasteiger charge is -2.13. The predicted octanol–water partition coefficient (Wildman–Crippen LogP) is 6.14. The molecule has 0 aliphatic rings. The first kappa shape index (κ1) is 20.4. The average Bonchev–Trinajstić information content (AvgIpc) is 2.38. The molecule has 124 valence electrons. The van der Waals surface area contributed by atoms with Crippen molar-refractivity contribution in [3.8, 4) is 0 Å². The highest BCUT2D eigenvalue weighted by Gasteiger charge is 2.04. The molecule has 1 nitrogen and oxygen atoms in total. The fourth-order valence-electron chi connectivity index (χ4n) is 2.63. The Morgan fingerprint density at radius 2 is 1.57 bits per heavy atom. The highest BCUT2D eigenvalue weighted by atomic mass is 16.2. The second kappa shape index (κ2) is 13.1. The average molecular weight is 295 g/mol. The Morgan fingerprint density at radius 1 is 0.952 bits per heavy atom. The van der Waals surface area contributed by atoms with Crippen LogP contribution in [0, 0.1) is 17.8 Å². The number of hydrogen-bond acceptors (Lipinski definition) is 1. The first-order chi connectivity index (χ1) is 9.95. The minimum absolute atomic E-state index is 0.157. The number of hydrogen-bond donors (Lipinski definition) is 1. The summed E-state index contributed by atoms with van der Waals surface area (Å²) in [4.78, 5) is 0. The first-order valence-corrected chi connectivity index (χ1v) is 8.88. The maximum absolute atomic E-state index is 8.80. The molecular weight excluding hydrogens is 256 g/mol. The van der Waals surface area contributed by atoms with Crippen LogP contribution >= 0.6 is 0 Å². The van der Waals surface area contributed by atoms with Crippen LogP contribution in [0.3, 0.4) is 0 Å². The molecule has 0 bridgehead atoms. The summed E-state index contributed by atoms with van der Waals surface area (Å²) in [7, 11) is 0. The zero-order chi connectivity index (χ0) is 16.1. The molecular formula is C20H38O. The van der Waals surface area contributed by atoms with E-state index in [0.29, 0.717) is 5.92 Å². The monoisotopic (exact) mass is 294 g/mol. The van der Waals surface area contributed by atoms with E-state index in [1.54, 1.807) is 0 Å². The fraction of sp³-hybridized carbons (Fsp3) is 0.800. The molecule has 1 N–H and O–H groups in total. The molecule has 0 aromatic carbocycles. The van der Waals surface area contributed by atoms with E-state index in [2.05, 4.69) is 46.8 Å². The van der Waals surface area contributed by atoms with Crippen molar-refractivity contribution in [3.63, 3.8) is 0 Å². The van der Waals surface area contributed by atoms with E-state index in [1.807, 2.05) is 6.08 Å². The molecule has 0 aliphatic carbocycles. The van der Waals surface area contributed by atoms with E-state index in [1.165, 1.54) is 44.1 Å². The third-order valence-electron chi connectivity index (χ3n) is 4.18. The van der Waals surface area contributed by atoms with Gasteiger partial charge in [-0.25, -0.2) is 0 Å². The second-order valence-electron chi connectivity index (χ2n) is 7.20. The molecule has 21 heavy (non-hydrogen) atoms. The lowest BCUT2D eigenvalue weighted by Crippen LogP contribution is -1.98. The third kappa shape index (κ3) is 14.2. The van der Waals surface area contributed by atoms with Gasteiger partial charge in [0.2, 0.25) is 0 Å². The van der Waals surface area contributed by atoms with Gasteiger partial charge in [0.25, 0.3) is 0 Å². The smallest absolute Gasteiger partial charge is 0.0615 e. The quantitative estimate of drug-likeness (QED) is 0.429. The molecule has 0 saturated carbocycles. The number of aliphatic hydroxyl groups excluding tert-OH is 1. The molecule has 0 heterocycles. The molecule has 0 fully saturated rings. The molecule has 0 aliphatic heterocycles. The van der Waals surface area contributed by atoms with Crippen LogP contribution in [-0.2, 0) is 0 Å². The summed E-state index contributed by atoms with van der Waals surface area (Å²) in [6.07, 6.45) is 15.6. The van der Waals surface area contributed by atoms with E-state index in [0.717, 1.165) is 18.3 Å². The second-order valence-corrected chi connectivity index (χ2v) is 7.20. The van der Waals surface area contributed by atoms with Crippen molar-refractivity contribution in [1.82, 2.24) is 0 Å². The van der Waals surface area contributed by atoms with Crippen molar-refractivity contribution in [3.05, 3.63) is 23.8 Å². The van der Waals surface area contributed by atoms with Crippen LogP contribution < -0.4 is 0 Å². The van der Waals surface area contributed by atoms with Crippen molar-refractivity contribution >= 4 is 0 Å². The number of aliphatic hydroxyl groups is 1. The van der Waals surface area contributed by atoms with Gasteiger partial charge < -0.3 is 5.11 Å². The van der Waals surface area contributed by atoms with E-state index in [-0.39, 0.29) is 6.61 Å². The van der Waals surface area contributed by atoms with E-state index in [9.17, 15) is 0 Å². The highest BCUT2D eigenvalue weighted by Crippen LogP contribution is 2.19. The normalized spacial score (nSPS) is 15.9. The van der Waals surface area contributed by atoms with Crippen LogP contribution in [0.4, 0.5) is 0 Å². The molecule has 2 unspecified atom stereocenters. The largest absolute Gasteiger partial charge is 0.392 e. The van der Waals surface area contributed by atoms with Gasteiger partial charge in [-0.2, -0.15) is 0 Å². The van der Waals surface area contributed by atoms with E-state index < -0.39 is 0 Å². The summed E-state index contributed by atoms with van der Waals surface area (Å²) in [5, 5.41) is 8.80. The minimum Gasteiger partial charge on any atom is -0.392 e. The fourth-order valence-corrected chi connectivity index (χ4v) is 2.63. The Morgan fingerprint density at radius 3 is 2.14 bits per heavy atom. The summed E-state index contributed by atoms with van der Waals surface area (Å²) in [5.74, 6) is 2.41. The molecule has 0 aromatic heterocycles. The van der Waals surface area contributed by atoms with Crippen molar-refractivity contribution in [2.45, 2.75) is 79.6 Å². The Bertz CT molecular complexity index is 288. The van der Waals surface area contributed by atoms with E-state index in [4.69, 9.17) is 5.11 Å². The predicted molar refractivity (Wildman–Crippen MR) is 95.5 cm³/mol. The van der Waals surface area contributed by atoms with Crippen molar-refractivity contribution in [1.29, 1.82) is 0 Å². The summed E-state index contributed by atoms with van der Waals surface area (Å²) in [5.41, 5.74) is 1.25. The van der Waals surface area contributed by atoms with Gasteiger partial charge in [0, 0.05) is 0 Å². The Kier molecular flexibility index (Phi) is 12.8. The molecule has 0 rings (SSSR count). The van der Waals surface area contributed by atoms with Gasteiger partial charge in [-0.1, -0.05) is 83.6 Å². The van der Waals surface area contributed by atoms with Gasteiger partial charge in [-0.05, 0) is 37.5 Å². The van der Waals surface area contributed by atoms with Gasteiger partial charge in [-0.15, -0.1) is 0 Å². The zero-order valence-electron chi connectivity index (χ0n) is 15.1. The Balaban J connectivity index is 3.66. The van der Waals surface area contributed by atoms with Gasteiger partial charge in [0.1, 0.15) is 0 Å². The van der Waals surface area contributed by atoms with Crippen molar-refractivity contribution in [2.75, 3.05) is 6.61 Å². The molecule has 0 aromatic rings. The number of allylic oxidation sites excluding steroid dienone is 3. The van der Waals surface area contributed by atoms with Gasteiger partial charge in [-0.3, -0.25) is 0 Å². The molecule has 0 spiro atoms. The molecule has 0 amide bonds. The summed E-state index contributed by atoms with van der Waals surface area (Å²) >= 11 is 0. The van der Waals surface area contributed by atoms with Crippen LogP contribution in [0.1, 0.15) is 79.6 Å². The maximum atomic E-state index is 8.80. The summed E-state index contributed by atoms with van der Waals surface area (Å²) in [6, 6.07) is 0. The topological polar surface area (TPSA) is 20.2 Å². The van der Waals surface area contributed by atoms with Crippen LogP contribution in [0.2, 0.25) is 0 Å². The summed E-state index contributed by atoms with van der Waals surface area (Å²) < 4.78 is 0. The van der Waals surface area contributed by atoms with Gasteiger partial charge in [0.15, 0.2) is 0 Å².